The lowest BCUT2D eigenvalue weighted by Gasteiger charge is -2.39. The molecule has 0 spiro atoms. The van der Waals surface area contributed by atoms with Crippen molar-refractivity contribution in [1.82, 2.24) is 10.2 Å². The van der Waals surface area contributed by atoms with Gasteiger partial charge in [0.15, 0.2) is 0 Å². The summed E-state index contributed by atoms with van der Waals surface area (Å²) in [5, 5.41) is 2.97. The maximum Gasteiger partial charge on any atom is 0.237 e. The van der Waals surface area contributed by atoms with Crippen LogP contribution >= 0.6 is 0 Å². The SMILES string of the molecule is C=CCNCC(=O)N([C@H]([C]=O)CCCCN)C(C)(C)C. The van der Waals surface area contributed by atoms with E-state index >= 15 is 0 Å². The summed E-state index contributed by atoms with van der Waals surface area (Å²) >= 11 is 0. The number of nitrogens with two attached hydrogens (primary N) is 1. The summed E-state index contributed by atoms with van der Waals surface area (Å²) < 4.78 is 0. The number of rotatable bonds is 10. The molecule has 0 bridgehead atoms. The van der Waals surface area contributed by atoms with Crippen LogP contribution in [0.2, 0.25) is 0 Å². The molecule has 5 heteroatoms. The highest BCUT2D eigenvalue weighted by Crippen LogP contribution is 2.19. The summed E-state index contributed by atoms with van der Waals surface area (Å²) in [7, 11) is 0. The van der Waals surface area contributed by atoms with Crippen LogP contribution in [0.1, 0.15) is 40.0 Å². The third kappa shape index (κ3) is 6.82. The molecular formula is C15H28N3O2. The minimum atomic E-state index is -0.514. The van der Waals surface area contributed by atoms with Crippen LogP contribution in [0.25, 0.3) is 0 Å². The van der Waals surface area contributed by atoms with Gasteiger partial charge in [0.25, 0.3) is 0 Å². The van der Waals surface area contributed by atoms with Gasteiger partial charge >= 0.3 is 0 Å². The van der Waals surface area contributed by atoms with Crippen LogP contribution in [-0.4, -0.2) is 48.3 Å². The van der Waals surface area contributed by atoms with Gasteiger partial charge in [0.1, 0.15) is 0 Å². The summed E-state index contributed by atoms with van der Waals surface area (Å²) in [5.41, 5.74) is 5.04. The van der Waals surface area contributed by atoms with Gasteiger partial charge < -0.3 is 16.0 Å². The molecule has 0 aromatic heterocycles. The lowest BCUT2D eigenvalue weighted by molar-refractivity contribution is -0.136. The number of amides is 1. The summed E-state index contributed by atoms with van der Waals surface area (Å²) in [4.78, 5) is 25.2. The molecule has 5 nitrogen and oxygen atoms in total. The van der Waals surface area contributed by atoms with Crippen molar-refractivity contribution < 1.29 is 9.59 Å². The van der Waals surface area contributed by atoms with Crippen LogP contribution in [0.5, 0.6) is 0 Å². The first-order valence-electron chi connectivity index (χ1n) is 7.10. The van der Waals surface area contributed by atoms with Crippen molar-refractivity contribution in [3.8, 4) is 0 Å². The van der Waals surface area contributed by atoms with E-state index < -0.39 is 11.6 Å². The first kappa shape index (κ1) is 18.8. The zero-order valence-corrected chi connectivity index (χ0v) is 12.9. The van der Waals surface area contributed by atoms with Gasteiger partial charge in [0.05, 0.1) is 12.6 Å². The van der Waals surface area contributed by atoms with Crippen LogP contribution in [0.3, 0.4) is 0 Å². The van der Waals surface area contributed by atoms with Gasteiger partial charge in [-0.05, 0) is 46.6 Å². The largest absolute Gasteiger partial charge is 0.330 e. The summed E-state index contributed by atoms with van der Waals surface area (Å²) in [5.74, 6) is -0.0968. The number of carbonyl (C=O) groups excluding carboxylic acids is 2. The Morgan fingerprint density at radius 2 is 2.10 bits per heavy atom. The van der Waals surface area contributed by atoms with Gasteiger partial charge in [-0.1, -0.05) is 6.08 Å². The molecule has 3 N–H and O–H groups in total. The molecule has 0 aromatic rings. The molecule has 0 aromatic carbocycles. The maximum atomic E-state index is 12.3. The fraction of sp³-hybridized carbons (Fsp3) is 0.733. The monoisotopic (exact) mass is 282 g/mol. The summed E-state index contributed by atoms with van der Waals surface area (Å²) in [6.07, 6.45) is 5.96. The predicted molar refractivity (Wildman–Crippen MR) is 82.1 cm³/mol. The Balaban J connectivity index is 4.78. The van der Waals surface area contributed by atoms with Crippen molar-refractivity contribution in [3.05, 3.63) is 12.7 Å². The number of unbranched alkanes of at least 4 members (excludes halogenated alkanes) is 1. The molecule has 1 amide bonds. The molecule has 0 aliphatic carbocycles. The molecule has 115 valence electrons. The first-order chi connectivity index (χ1) is 9.38. The highest BCUT2D eigenvalue weighted by Gasteiger charge is 2.32. The predicted octanol–water partition coefficient (Wildman–Crippen LogP) is 0.996. The minimum Gasteiger partial charge on any atom is -0.330 e. The Labute approximate surface area is 122 Å². The number of nitrogens with one attached hydrogen (secondary N) is 1. The maximum absolute atomic E-state index is 12.3. The van der Waals surface area contributed by atoms with Gasteiger partial charge in [0.2, 0.25) is 12.2 Å². The van der Waals surface area contributed by atoms with Crippen LogP contribution in [-0.2, 0) is 9.59 Å². The van der Waals surface area contributed by atoms with E-state index in [4.69, 9.17) is 5.73 Å². The second kappa shape index (κ2) is 9.66. The van der Waals surface area contributed by atoms with E-state index in [0.717, 1.165) is 12.8 Å². The Morgan fingerprint density at radius 1 is 1.45 bits per heavy atom. The molecule has 0 rings (SSSR count). The van der Waals surface area contributed by atoms with E-state index in [1.807, 2.05) is 27.1 Å². The van der Waals surface area contributed by atoms with Crippen LogP contribution in [0, 0.1) is 0 Å². The second-order valence-corrected chi connectivity index (χ2v) is 5.77. The Hall–Kier alpha value is -1.20. The van der Waals surface area contributed by atoms with Crippen molar-refractivity contribution in [1.29, 1.82) is 0 Å². The third-order valence-electron chi connectivity index (χ3n) is 2.94. The molecule has 0 aliphatic rings. The number of nitrogens with zero attached hydrogens (tertiary/aromatic N) is 1. The zero-order valence-electron chi connectivity index (χ0n) is 12.9. The second-order valence-electron chi connectivity index (χ2n) is 5.77. The molecule has 0 unspecified atom stereocenters. The Morgan fingerprint density at radius 3 is 2.55 bits per heavy atom. The molecule has 0 fully saturated rings. The topological polar surface area (TPSA) is 75.4 Å². The molecule has 1 radical (unpaired) electrons. The normalized spacial score (nSPS) is 12.8. The molecule has 1 atom stereocenters. The van der Waals surface area contributed by atoms with Crippen LogP contribution in [0.15, 0.2) is 12.7 Å². The quantitative estimate of drug-likeness (QED) is 0.463. The molecule has 0 aliphatic heterocycles. The van der Waals surface area contributed by atoms with E-state index in [-0.39, 0.29) is 12.5 Å². The Bertz CT molecular complexity index is 311. The van der Waals surface area contributed by atoms with E-state index in [9.17, 15) is 9.59 Å². The standard InChI is InChI=1S/C15H28N3O2/c1-5-10-17-11-14(20)18(15(2,3)4)13(12-19)8-6-7-9-16/h5,13,17H,1,6-11,16H2,2-4H3/t13-/m0/s1. The molecule has 0 saturated heterocycles. The van der Waals surface area contributed by atoms with Crippen LogP contribution < -0.4 is 11.1 Å². The van der Waals surface area contributed by atoms with E-state index in [1.54, 1.807) is 11.0 Å². The lowest BCUT2D eigenvalue weighted by Crippen LogP contribution is -2.54. The van der Waals surface area contributed by atoms with Gasteiger partial charge in [-0.15, -0.1) is 6.58 Å². The average Bonchev–Trinajstić information content (AvgIpc) is 2.36. The van der Waals surface area contributed by atoms with E-state index in [2.05, 4.69) is 11.9 Å². The van der Waals surface area contributed by atoms with Gasteiger partial charge in [-0.2, -0.15) is 0 Å². The van der Waals surface area contributed by atoms with Gasteiger partial charge in [0, 0.05) is 12.1 Å². The van der Waals surface area contributed by atoms with E-state index in [0.29, 0.717) is 19.5 Å². The van der Waals surface area contributed by atoms with Gasteiger partial charge in [-0.25, -0.2) is 0 Å². The lowest BCUT2D eigenvalue weighted by atomic mass is 9.99. The smallest absolute Gasteiger partial charge is 0.237 e. The fourth-order valence-corrected chi connectivity index (χ4v) is 2.10. The highest BCUT2D eigenvalue weighted by atomic mass is 16.2. The van der Waals surface area contributed by atoms with Crippen molar-refractivity contribution in [2.24, 2.45) is 5.73 Å². The summed E-state index contributed by atoms with van der Waals surface area (Å²) in [6, 6.07) is -0.514. The fourth-order valence-electron chi connectivity index (χ4n) is 2.10. The van der Waals surface area contributed by atoms with Crippen molar-refractivity contribution >= 4 is 12.2 Å². The molecular weight excluding hydrogens is 254 g/mol. The van der Waals surface area contributed by atoms with Gasteiger partial charge in [-0.3, -0.25) is 9.59 Å². The highest BCUT2D eigenvalue weighted by molar-refractivity contribution is 5.82. The van der Waals surface area contributed by atoms with E-state index in [1.165, 1.54) is 0 Å². The van der Waals surface area contributed by atoms with Crippen molar-refractivity contribution in [2.45, 2.75) is 51.6 Å². The minimum absolute atomic E-state index is 0.0968. The number of hydrogen-bond acceptors (Lipinski definition) is 4. The molecule has 0 saturated carbocycles. The Kier molecular flexibility index (Phi) is 9.08. The number of hydrogen-bond donors (Lipinski definition) is 2. The number of carbonyl (C=O) groups is 1. The van der Waals surface area contributed by atoms with Crippen LogP contribution in [0.4, 0.5) is 0 Å². The van der Waals surface area contributed by atoms with Crippen molar-refractivity contribution in [2.75, 3.05) is 19.6 Å². The average molecular weight is 282 g/mol. The third-order valence-corrected chi connectivity index (χ3v) is 2.94. The molecule has 20 heavy (non-hydrogen) atoms. The zero-order chi connectivity index (χ0) is 15.6. The van der Waals surface area contributed by atoms with Crippen molar-refractivity contribution in [3.63, 3.8) is 0 Å². The summed E-state index contributed by atoms with van der Waals surface area (Å²) in [6.45, 7) is 10.7. The first-order valence-corrected chi connectivity index (χ1v) is 7.10. The molecule has 0 heterocycles.